The van der Waals surface area contributed by atoms with E-state index < -0.39 is 0 Å². The molecule has 0 N–H and O–H groups in total. The predicted octanol–water partition coefficient (Wildman–Crippen LogP) is 2.47. The minimum atomic E-state index is 0.0985. The molecule has 0 radical (unpaired) electrons. The van der Waals surface area contributed by atoms with Crippen molar-refractivity contribution < 1.29 is 9.53 Å². The Morgan fingerprint density at radius 3 is 2.92 bits per heavy atom. The topological polar surface area (TPSA) is 45.7 Å². The summed E-state index contributed by atoms with van der Waals surface area (Å²) in [6.45, 7) is 3.25. The zero-order chi connectivity index (χ0) is 16.4. The lowest BCUT2D eigenvalue weighted by molar-refractivity contribution is -0.154. The van der Waals surface area contributed by atoms with Crippen LogP contribution in [0.25, 0.3) is 0 Å². The van der Waals surface area contributed by atoms with Gasteiger partial charge in [-0.2, -0.15) is 0 Å². The maximum absolute atomic E-state index is 13.2. The van der Waals surface area contributed by atoms with Gasteiger partial charge in [-0.15, -0.1) is 0 Å². The summed E-state index contributed by atoms with van der Waals surface area (Å²) in [4.78, 5) is 22.1. The van der Waals surface area contributed by atoms with Crippen LogP contribution in [0.2, 0.25) is 0 Å². The van der Waals surface area contributed by atoms with Crippen LogP contribution in [0.15, 0.2) is 24.4 Å². The van der Waals surface area contributed by atoms with Crippen molar-refractivity contribution in [2.75, 3.05) is 31.1 Å². The molecule has 4 rings (SSSR count). The summed E-state index contributed by atoms with van der Waals surface area (Å²) >= 11 is 0. The minimum absolute atomic E-state index is 0.0985. The molecule has 24 heavy (non-hydrogen) atoms. The fraction of sp³-hybridized carbons (Fsp3) is 0.684. The van der Waals surface area contributed by atoms with E-state index in [-0.39, 0.29) is 12.0 Å². The molecular formula is C19H27N3O2. The highest BCUT2D eigenvalue weighted by atomic mass is 16.5. The number of fused-ring (bicyclic) bond motifs is 1. The number of morpholine rings is 1. The third kappa shape index (κ3) is 3.14. The van der Waals surface area contributed by atoms with Crippen molar-refractivity contribution in [3.05, 3.63) is 24.4 Å². The van der Waals surface area contributed by atoms with Gasteiger partial charge in [0.15, 0.2) is 0 Å². The summed E-state index contributed by atoms with van der Waals surface area (Å²) in [5.41, 5.74) is 0. The van der Waals surface area contributed by atoms with Crippen LogP contribution in [0.3, 0.4) is 0 Å². The van der Waals surface area contributed by atoms with Gasteiger partial charge in [0.1, 0.15) is 5.82 Å². The Morgan fingerprint density at radius 2 is 2.04 bits per heavy atom. The van der Waals surface area contributed by atoms with Crippen LogP contribution < -0.4 is 4.90 Å². The molecule has 3 fully saturated rings. The van der Waals surface area contributed by atoms with E-state index in [9.17, 15) is 4.79 Å². The number of hydrogen-bond acceptors (Lipinski definition) is 4. The first-order valence-electron chi connectivity index (χ1n) is 9.41. The molecule has 0 spiro atoms. The van der Waals surface area contributed by atoms with E-state index in [4.69, 9.17) is 4.74 Å². The molecule has 2 aliphatic heterocycles. The average Bonchev–Trinajstić information content (AvgIpc) is 2.68. The van der Waals surface area contributed by atoms with Gasteiger partial charge >= 0.3 is 0 Å². The highest BCUT2D eigenvalue weighted by molar-refractivity contribution is 5.80. The zero-order valence-corrected chi connectivity index (χ0v) is 14.3. The molecule has 3 unspecified atom stereocenters. The number of amides is 1. The average molecular weight is 329 g/mol. The molecule has 130 valence electrons. The Kier molecular flexibility index (Phi) is 4.69. The molecule has 1 aromatic rings. The second-order valence-electron chi connectivity index (χ2n) is 7.27. The van der Waals surface area contributed by atoms with Crippen molar-refractivity contribution in [2.24, 2.45) is 5.92 Å². The van der Waals surface area contributed by atoms with Crippen LogP contribution in [0.1, 0.15) is 38.5 Å². The third-order valence-electron chi connectivity index (χ3n) is 5.76. The molecule has 3 aliphatic rings. The van der Waals surface area contributed by atoms with Crippen LogP contribution in [-0.2, 0) is 9.53 Å². The third-order valence-corrected chi connectivity index (χ3v) is 5.76. The summed E-state index contributed by atoms with van der Waals surface area (Å²) < 4.78 is 5.93. The van der Waals surface area contributed by atoms with Gasteiger partial charge in [0.25, 0.3) is 0 Å². The predicted molar refractivity (Wildman–Crippen MR) is 92.9 cm³/mol. The SMILES string of the molecule is O=C(C1CCCN(c2ccccn2)C1)N1CCOC2CCCCC21. The maximum atomic E-state index is 13.2. The number of anilines is 1. The van der Waals surface area contributed by atoms with Gasteiger partial charge in [-0.3, -0.25) is 4.79 Å². The van der Waals surface area contributed by atoms with E-state index in [0.717, 1.165) is 51.1 Å². The van der Waals surface area contributed by atoms with E-state index in [1.54, 1.807) is 0 Å². The van der Waals surface area contributed by atoms with Crippen molar-refractivity contribution in [2.45, 2.75) is 50.7 Å². The van der Waals surface area contributed by atoms with Crippen LogP contribution in [-0.4, -0.2) is 54.2 Å². The summed E-state index contributed by atoms with van der Waals surface area (Å²) in [5, 5.41) is 0. The molecule has 5 heteroatoms. The first kappa shape index (κ1) is 15.9. The lowest BCUT2D eigenvalue weighted by Gasteiger charge is -2.46. The molecule has 1 aromatic heterocycles. The van der Waals surface area contributed by atoms with Gasteiger partial charge in [0.2, 0.25) is 5.91 Å². The number of hydrogen-bond donors (Lipinski definition) is 0. The maximum Gasteiger partial charge on any atom is 0.227 e. The summed E-state index contributed by atoms with van der Waals surface area (Å²) in [7, 11) is 0. The molecule has 2 saturated heterocycles. The van der Waals surface area contributed by atoms with Crippen LogP contribution in [0.4, 0.5) is 5.82 Å². The first-order valence-corrected chi connectivity index (χ1v) is 9.41. The number of carbonyl (C=O) groups excluding carboxylic acids is 1. The Bertz CT molecular complexity index is 563. The highest BCUT2D eigenvalue weighted by Crippen LogP contribution is 2.31. The molecule has 1 saturated carbocycles. The van der Waals surface area contributed by atoms with Gasteiger partial charge in [-0.25, -0.2) is 4.98 Å². The van der Waals surface area contributed by atoms with Crippen LogP contribution >= 0.6 is 0 Å². The van der Waals surface area contributed by atoms with Crippen molar-refractivity contribution in [3.8, 4) is 0 Å². The quantitative estimate of drug-likeness (QED) is 0.836. The smallest absolute Gasteiger partial charge is 0.227 e. The van der Waals surface area contributed by atoms with Crippen LogP contribution in [0.5, 0.6) is 0 Å². The standard InChI is InChI=1S/C19H27N3O2/c23-19(22-12-13-24-17-8-2-1-7-16(17)22)15-6-5-11-21(14-15)18-9-3-4-10-20-18/h3-4,9-10,15-17H,1-2,5-8,11-14H2. The van der Waals surface area contributed by atoms with E-state index in [2.05, 4.69) is 14.8 Å². The molecule has 1 aliphatic carbocycles. The fourth-order valence-electron chi connectivity index (χ4n) is 4.53. The van der Waals surface area contributed by atoms with Crippen molar-refractivity contribution in [1.82, 2.24) is 9.88 Å². The van der Waals surface area contributed by atoms with E-state index >= 15 is 0 Å². The van der Waals surface area contributed by atoms with Gasteiger partial charge in [0, 0.05) is 25.8 Å². The highest BCUT2D eigenvalue weighted by Gasteiger charge is 2.39. The largest absolute Gasteiger partial charge is 0.374 e. The summed E-state index contributed by atoms with van der Waals surface area (Å²) in [6, 6.07) is 6.30. The molecule has 0 aromatic carbocycles. The van der Waals surface area contributed by atoms with Gasteiger partial charge < -0.3 is 14.5 Å². The number of pyridine rings is 1. The summed E-state index contributed by atoms with van der Waals surface area (Å²) in [6.07, 6.45) is 8.83. The Hall–Kier alpha value is -1.62. The second kappa shape index (κ2) is 7.09. The van der Waals surface area contributed by atoms with E-state index in [0.29, 0.717) is 18.6 Å². The van der Waals surface area contributed by atoms with Crippen molar-refractivity contribution in [3.63, 3.8) is 0 Å². The number of nitrogens with zero attached hydrogens (tertiary/aromatic N) is 3. The lowest BCUT2D eigenvalue weighted by Crippen LogP contribution is -2.57. The van der Waals surface area contributed by atoms with E-state index in [1.807, 2.05) is 24.4 Å². The monoisotopic (exact) mass is 329 g/mol. The zero-order valence-electron chi connectivity index (χ0n) is 14.3. The Balaban J connectivity index is 1.45. The normalized spacial score (nSPS) is 30.8. The van der Waals surface area contributed by atoms with Crippen molar-refractivity contribution in [1.29, 1.82) is 0 Å². The number of aromatic nitrogens is 1. The minimum Gasteiger partial charge on any atom is -0.374 e. The van der Waals surface area contributed by atoms with Gasteiger partial charge in [0.05, 0.1) is 24.7 Å². The number of carbonyl (C=O) groups is 1. The summed E-state index contributed by atoms with van der Waals surface area (Å²) in [5.74, 6) is 1.43. The van der Waals surface area contributed by atoms with Crippen LogP contribution in [0, 0.1) is 5.92 Å². The first-order chi connectivity index (χ1) is 11.8. The lowest BCUT2D eigenvalue weighted by atomic mass is 9.88. The molecule has 0 bridgehead atoms. The fourth-order valence-corrected chi connectivity index (χ4v) is 4.53. The Morgan fingerprint density at radius 1 is 1.12 bits per heavy atom. The number of rotatable bonds is 2. The molecule has 3 heterocycles. The number of ether oxygens (including phenoxy) is 1. The molecule has 1 amide bonds. The molecular weight excluding hydrogens is 302 g/mol. The van der Waals surface area contributed by atoms with E-state index in [1.165, 1.54) is 12.8 Å². The number of piperidine rings is 1. The van der Waals surface area contributed by atoms with Crippen molar-refractivity contribution >= 4 is 11.7 Å². The molecule has 3 atom stereocenters. The van der Waals surface area contributed by atoms with Gasteiger partial charge in [-0.1, -0.05) is 18.9 Å². The van der Waals surface area contributed by atoms with Gasteiger partial charge in [-0.05, 0) is 37.8 Å². The Labute approximate surface area is 144 Å². The molecule has 5 nitrogen and oxygen atoms in total. The second-order valence-corrected chi connectivity index (χ2v) is 7.27.